The van der Waals surface area contributed by atoms with Gasteiger partial charge in [-0.15, -0.1) is 0 Å². The van der Waals surface area contributed by atoms with Crippen LogP contribution in [0.4, 0.5) is 0 Å². The molecule has 5 atom stereocenters. The van der Waals surface area contributed by atoms with Crippen LogP contribution in [0.3, 0.4) is 0 Å². The lowest BCUT2D eigenvalue weighted by molar-refractivity contribution is -0.0159. The second-order valence-electron chi connectivity index (χ2n) is 9.15. The lowest BCUT2D eigenvalue weighted by atomic mass is 10.1. The van der Waals surface area contributed by atoms with Gasteiger partial charge in [0.1, 0.15) is 14.5 Å². The van der Waals surface area contributed by atoms with Crippen molar-refractivity contribution in [3.05, 3.63) is 23.5 Å². The quantitative estimate of drug-likeness (QED) is 0.242. The molecule has 1 fully saturated rings. The summed E-state index contributed by atoms with van der Waals surface area (Å²) in [5, 5.41) is 0. The van der Waals surface area contributed by atoms with E-state index in [9.17, 15) is 4.79 Å². The van der Waals surface area contributed by atoms with Gasteiger partial charge in [-0.05, 0) is 52.8 Å². The fourth-order valence-electron chi connectivity index (χ4n) is 4.22. The van der Waals surface area contributed by atoms with Gasteiger partial charge in [0.05, 0.1) is 17.9 Å². The summed E-state index contributed by atoms with van der Waals surface area (Å²) in [5.74, 6) is 7.05. The zero-order valence-corrected chi connectivity index (χ0v) is 21.5. The molecule has 0 radical (unpaired) electrons. The number of carbonyl (C=O) groups is 1. The molecule has 0 amide bonds. The van der Waals surface area contributed by atoms with Crippen molar-refractivity contribution in [2.24, 2.45) is 5.92 Å². The molecule has 0 spiro atoms. The van der Waals surface area contributed by atoms with Crippen LogP contribution >= 0.6 is 8.30 Å². The van der Waals surface area contributed by atoms with Crippen molar-refractivity contribution in [1.82, 2.24) is 9.24 Å². The summed E-state index contributed by atoms with van der Waals surface area (Å²) in [6.45, 7) is 17.6. The minimum Gasteiger partial charge on any atom is -0.352 e. The van der Waals surface area contributed by atoms with Gasteiger partial charge in [0.15, 0.2) is 6.29 Å². The number of hydrogen-bond donors (Lipinski definition) is 0. The Hall–Kier alpha value is -1.18. The Morgan fingerprint density at radius 2 is 1.97 bits per heavy atom. The number of rotatable bonds is 10. The summed E-state index contributed by atoms with van der Waals surface area (Å²) in [6, 6.07) is 2.72. The normalized spacial score (nSPS) is 23.3. The monoisotopic (exact) mass is 448 g/mol. The van der Waals surface area contributed by atoms with E-state index in [0.717, 1.165) is 37.5 Å². The molecular weight excluding hydrogens is 407 g/mol. The highest BCUT2D eigenvalue weighted by Gasteiger charge is 2.38. The number of hydrogen-bond acceptors (Lipinski definition) is 4. The van der Waals surface area contributed by atoms with Gasteiger partial charge in [0, 0.05) is 36.7 Å². The Morgan fingerprint density at radius 1 is 1.29 bits per heavy atom. The van der Waals surface area contributed by atoms with Crippen LogP contribution in [0.5, 0.6) is 0 Å². The zero-order valence-electron chi connectivity index (χ0n) is 20.6. The summed E-state index contributed by atoms with van der Waals surface area (Å²) in [6.07, 6.45) is 6.31. The van der Waals surface area contributed by atoms with Gasteiger partial charge in [-0.2, -0.15) is 0 Å². The van der Waals surface area contributed by atoms with E-state index in [1.54, 1.807) is 0 Å². The minimum absolute atomic E-state index is 0.0213. The Labute approximate surface area is 190 Å². The minimum atomic E-state index is -0.724. The molecule has 2 unspecified atom stereocenters. The number of carbonyl (C=O) groups excluding carboxylic acids is 1. The van der Waals surface area contributed by atoms with Crippen LogP contribution in [0.2, 0.25) is 0 Å². The molecule has 0 bridgehead atoms. The highest BCUT2D eigenvalue weighted by atomic mass is 31.2. The van der Waals surface area contributed by atoms with Crippen LogP contribution < -0.4 is 0 Å². The van der Waals surface area contributed by atoms with E-state index in [-0.39, 0.29) is 18.4 Å². The van der Waals surface area contributed by atoms with Crippen molar-refractivity contribution in [1.29, 1.82) is 0 Å². The average Bonchev–Trinajstić information content (AvgIpc) is 3.30. The van der Waals surface area contributed by atoms with Crippen LogP contribution in [-0.2, 0) is 9.26 Å². The molecule has 6 heteroatoms. The SMILES string of the molecule is CC[C@@H](C)CC#Cc1cc(C=O)n([C@H]2CC(OP(C)N(C(C)C)C(C)C)[C@@H](CC)O2)c1. The molecule has 174 valence electrons. The second kappa shape index (κ2) is 12.2. The molecule has 1 aromatic heterocycles. The van der Waals surface area contributed by atoms with Crippen LogP contribution in [-0.4, -0.2) is 46.5 Å². The summed E-state index contributed by atoms with van der Waals surface area (Å²) in [7, 11) is -0.724. The Balaban J connectivity index is 2.15. The predicted octanol–water partition coefficient (Wildman–Crippen LogP) is 6.23. The van der Waals surface area contributed by atoms with Crippen molar-refractivity contribution in [3.63, 3.8) is 0 Å². The van der Waals surface area contributed by atoms with Crippen molar-refractivity contribution in [2.75, 3.05) is 6.66 Å². The molecule has 2 rings (SSSR count). The Morgan fingerprint density at radius 3 is 2.52 bits per heavy atom. The van der Waals surface area contributed by atoms with Crippen LogP contribution in [0, 0.1) is 17.8 Å². The lowest BCUT2D eigenvalue weighted by Crippen LogP contribution is -2.34. The maximum absolute atomic E-state index is 11.7. The molecular formula is C25H41N2O3P. The highest BCUT2D eigenvalue weighted by molar-refractivity contribution is 7.49. The van der Waals surface area contributed by atoms with Gasteiger partial charge in [0.2, 0.25) is 0 Å². The van der Waals surface area contributed by atoms with Gasteiger partial charge in [-0.1, -0.05) is 39.0 Å². The van der Waals surface area contributed by atoms with Crippen molar-refractivity contribution >= 4 is 14.6 Å². The summed E-state index contributed by atoms with van der Waals surface area (Å²) in [4.78, 5) is 11.7. The molecule has 1 aliphatic rings. The summed E-state index contributed by atoms with van der Waals surface area (Å²) in [5.41, 5.74) is 1.48. The van der Waals surface area contributed by atoms with E-state index in [1.807, 2.05) is 16.8 Å². The van der Waals surface area contributed by atoms with E-state index in [0.29, 0.717) is 23.7 Å². The molecule has 0 aliphatic carbocycles. The number of aromatic nitrogens is 1. The maximum Gasteiger partial charge on any atom is 0.166 e. The van der Waals surface area contributed by atoms with Crippen LogP contribution in [0.1, 0.15) is 96.4 Å². The van der Waals surface area contributed by atoms with Crippen LogP contribution in [0.25, 0.3) is 0 Å². The highest BCUT2D eigenvalue weighted by Crippen LogP contribution is 2.46. The van der Waals surface area contributed by atoms with Gasteiger partial charge in [-0.25, -0.2) is 0 Å². The van der Waals surface area contributed by atoms with Gasteiger partial charge in [0.25, 0.3) is 0 Å². The molecule has 5 nitrogen and oxygen atoms in total. The average molecular weight is 449 g/mol. The molecule has 1 aliphatic heterocycles. The Bertz CT molecular complexity index is 757. The topological polar surface area (TPSA) is 43.7 Å². The maximum atomic E-state index is 11.7. The van der Waals surface area contributed by atoms with E-state index in [1.165, 1.54) is 0 Å². The fraction of sp³-hybridized carbons (Fsp3) is 0.720. The molecule has 0 N–H and O–H groups in total. The Kier molecular flexibility index (Phi) is 10.2. The first-order valence-electron chi connectivity index (χ1n) is 11.7. The molecule has 1 aromatic rings. The first-order valence-corrected chi connectivity index (χ1v) is 13.4. The standard InChI is InChI=1S/C25H41N2O3P/c1-9-20(7)12-11-13-21-14-22(17-28)26(16-21)25-15-24(23(10-2)29-25)30-31(8)27(18(3)4)19(5)6/h14,16-20,23-25H,9-10,12,15H2,1-8H3/t20-,23-,24?,25-,31?/m1/s1. The largest absolute Gasteiger partial charge is 0.352 e. The zero-order chi connectivity index (χ0) is 23.1. The number of nitrogens with zero attached hydrogens (tertiary/aromatic N) is 2. The van der Waals surface area contributed by atoms with E-state index < -0.39 is 8.30 Å². The number of aldehydes is 1. The van der Waals surface area contributed by atoms with Gasteiger partial charge < -0.3 is 13.8 Å². The van der Waals surface area contributed by atoms with E-state index >= 15 is 0 Å². The molecule has 1 saturated heterocycles. The molecule has 2 heterocycles. The lowest BCUT2D eigenvalue weighted by Gasteiger charge is -2.37. The molecule has 0 aromatic carbocycles. The second-order valence-corrected chi connectivity index (χ2v) is 10.7. The van der Waals surface area contributed by atoms with Crippen molar-refractivity contribution in [2.45, 2.75) is 105 Å². The van der Waals surface area contributed by atoms with Crippen molar-refractivity contribution < 1.29 is 14.1 Å². The fourth-order valence-corrected chi connectivity index (χ4v) is 6.24. The van der Waals surface area contributed by atoms with E-state index in [2.05, 4.69) is 71.6 Å². The predicted molar refractivity (Wildman–Crippen MR) is 129 cm³/mol. The summed E-state index contributed by atoms with van der Waals surface area (Å²) >= 11 is 0. The summed E-state index contributed by atoms with van der Waals surface area (Å²) < 4.78 is 17.3. The molecule has 31 heavy (non-hydrogen) atoms. The van der Waals surface area contributed by atoms with Gasteiger partial charge in [-0.3, -0.25) is 9.46 Å². The van der Waals surface area contributed by atoms with Crippen LogP contribution in [0.15, 0.2) is 12.3 Å². The third-order valence-electron chi connectivity index (χ3n) is 5.95. The van der Waals surface area contributed by atoms with Gasteiger partial charge >= 0.3 is 0 Å². The number of ether oxygens (including phenoxy) is 1. The van der Waals surface area contributed by atoms with E-state index in [4.69, 9.17) is 9.26 Å². The smallest absolute Gasteiger partial charge is 0.166 e. The van der Waals surface area contributed by atoms with Crippen molar-refractivity contribution in [3.8, 4) is 11.8 Å². The first-order chi connectivity index (χ1) is 14.7. The first kappa shape index (κ1) is 26.1. The molecule has 0 saturated carbocycles. The third-order valence-corrected chi connectivity index (χ3v) is 8.10. The third kappa shape index (κ3) is 6.90.